The Hall–Kier alpha value is -3.09. The molecular weight excluding hydrogens is 424 g/mol. The highest BCUT2D eigenvalue weighted by Gasteiger charge is 2.23. The highest BCUT2D eigenvalue weighted by molar-refractivity contribution is 6.33. The minimum atomic E-state index is -0.107. The number of aromatic nitrogens is 1. The van der Waals surface area contributed by atoms with E-state index in [4.69, 9.17) is 11.6 Å². The predicted octanol–water partition coefficient (Wildman–Crippen LogP) is 4.14. The summed E-state index contributed by atoms with van der Waals surface area (Å²) < 4.78 is 2.17. The molecule has 166 valence electrons. The molecule has 1 aromatic heterocycles. The summed E-state index contributed by atoms with van der Waals surface area (Å²) in [7, 11) is 0. The third-order valence-corrected chi connectivity index (χ3v) is 6.15. The van der Waals surface area contributed by atoms with Crippen molar-refractivity contribution >= 4 is 29.1 Å². The zero-order valence-electron chi connectivity index (χ0n) is 18.3. The highest BCUT2D eigenvalue weighted by Crippen LogP contribution is 2.21. The van der Waals surface area contributed by atoms with Crippen LogP contribution in [0.15, 0.2) is 60.7 Å². The molecule has 4 rings (SSSR count). The van der Waals surface area contributed by atoms with Gasteiger partial charge < -0.3 is 14.8 Å². The molecular formula is C25H27ClN4O2. The molecule has 6 nitrogen and oxygen atoms in total. The normalized spacial score (nSPS) is 14.4. The first-order valence-electron chi connectivity index (χ1n) is 10.7. The number of aryl methyl sites for hydroxylation is 2. The predicted molar refractivity (Wildman–Crippen MR) is 128 cm³/mol. The molecule has 2 heterocycles. The third kappa shape index (κ3) is 4.87. The first-order valence-corrected chi connectivity index (χ1v) is 11.1. The summed E-state index contributed by atoms with van der Waals surface area (Å²) in [6.07, 6.45) is 0. The lowest BCUT2D eigenvalue weighted by molar-refractivity contribution is -0.117. The molecule has 1 aliphatic heterocycles. The number of amides is 2. The number of anilines is 1. The molecule has 7 heteroatoms. The van der Waals surface area contributed by atoms with Crippen LogP contribution >= 0.6 is 11.6 Å². The highest BCUT2D eigenvalue weighted by atomic mass is 35.5. The van der Waals surface area contributed by atoms with E-state index in [0.717, 1.165) is 17.1 Å². The number of nitrogens with one attached hydrogen (secondary N) is 1. The van der Waals surface area contributed by atoms with Gasteiger partial charge in [0.2, 0.25) is 5.91 Å². The zero-order valence-corrected chi connectivity index (χ0v) is 19.1. The molecule has 1 aliphatic rings. The number of para-hydroxylation sites is 1. The number of hydrogen-bond donors (Lipinski definition) is 1. The minimum Gasteiger partial charge on any atom is -0.336 e. The molecule has 0 bridgehead atoms. The van der Waals surface area contributed by atoms with Gasteiger partial charge in [0, 0.05) is 48.8 Å². The summed E-state index contributed by atoms with van der Waals surface area (Å²) in [6, 6.07) is 19.1. The Morgan fingerprint density at radius 1 is 0.875 bits per heavy atom. The second kappa shape index (κ2) is 9.59. The molecule has 1 saturated heterocycles. The van der Waals surface area contributed by atoms with Crippen molar-refractivity contribution in [3.63, 3.8) is 0 Å². The van der Waals surface area contributed by atoms with Gasteiger partial charge in [-0.1, -0.05) is 23.7 Å². The topological polar surface area (TPSA) is 57.6 Å². The number of hydrogen-bond acceptors (Lipinski definition) is 3. The average molecular weight is 451 g/mol. The molecule has 1 fully saturated rings. The number of piperazine rings is 1. The fourth-order valence-corrected chi connectivity index (χ4v) is 4.26. The van der Waals surface area contributed by atoms with E-state index in [2.05, 4.69) is 40.8 Å². The van der Waals surface area contributed by atoms with Crippen molar-refractivity contribution in [1.82, 2.24) is 14.4 Å². The van der Waals surface area contributed by atoms with Crippen molar-refractivity contribution in [2.24, 2.45) is 0 Å². The molecule has 0 radical (unpaired) electrons. The van der Waals surface area contributed by atoms with Gasteiger partial charge in [-0.05, 0) is 62.4 Å². The van der Waals surface area contributed by atoms with Gasteiger partial charge in [-0.2, -0.15) is 0 Å². The van der Waals surface area contributed by atoms with Crippen molar-refractivity contribution in [3.8, 4) is 5.69 Å². The van der Waals surface area contributed by atoms with Crippen LogP contribution in [-0.4, -0.2) is 58.9 Å². The lowest BCUT2D eigenvalue weighted by Crippen LogP contribution is -2.50. The maximum atomic E-state index is 12.9. The fourth-order valence-electron chi connectivity index (χ4n) is 4.08. The van der Waals surface area contributed by atoms with E-state index < -0.39 is 0 Å². The SMILES string of the molecule is Cc1ccc(C)n1-c1ccc(C(=O)N2CCN(CC(=O)Nc3ccccc3Cl)CC2)cc1. The summed E-state index contributed by atoms with van der Waals surface area (Å²) in [6.45, 7) is 6.91. The lowest BCUT2D eigenvalue weighted by atomic mass is 10.1. The maximum Gasteiger partial charge on any atom is 0.253 e. The van der Waals surface area contributed by atoms with Crippen LogP contribution in [0.5, 0.6) is 0 Å². The Kier molecular flexibility index (Phi) is 6.63. The standard InChI is InChI=1S/C25H27ClN4O2/c1-18-7-8-19(2)30(18)21-11-9-20(10-12-21)25(32)29-15-13-28(14-16-29)17-24(31)27-23-6-4-3-5-22(23)26/h3-12H,13-17H2,1-2H3,(H,27,31). The summed E-state index contributed by atoms with van der Waals surface area (Å²) in [5.74, 6) is -0.0817. The van der Waals surface area contributed by atoms with E-state index >= 15 is 0 Å². The molecule has 32 heavy (non-hydrogen) atoms. The third-order valence-electron chi connectivity index (χ3n) is 5.82. The van der Waals surface area contributed by atoms with Gasteiger partial charge in [0.15, 0.2) is 0 Å². The van der Waals surface area contributed by atoms with Crippen LogP contribution in [0.3, 0.4) is 0 Å². The lowest BCUT2D eigenvalue weighted by Gasteiger charge is -2.34. The van der Waals surface area contributed by atoms with Crippen LogP contribution in [0.25, 0.3) is 5.69 Å². The van der Waals surface area contributed by atoms with Gasteiger partial charge >= 0.3 is 0 Å². The Labute approximate surface area is 193 Å². The first kappa shape index (κ1) is 22.1. The van der Waals surface area contributed by atoms with Crippen molar-refractivity contribution in [2.75, 3.05) is 38.0 Å². The van der Waals surface area contributed by atoms with Crippen molar-refractivity contribution in [3.05, 3.63) is 82.6 Å². The molecule has 0 spiro atoms. The van der Waals surface area contributed by atoms with Crippen LogP contribution < -0.4 is 5.32 Å². The first-order chi connectivity index (χ1) is 15.4. The van der Waals surface area contributed by atoms with Crippen molar-refractivity contribution in [1.29, 1.82) is 0 Å². The van der Waals surface area contributed by atoms with E-state index in [1.165, 1.54) is 0 Å². The second-order valence-corrected chi connectivity index (χ2v) is 8.50. The summed E-state index contributed by atoms with van der Waals surface area (Å²) >= 11 is 6.10. The number of carbonyl (C=O) groups is 2. The Balaban J connectivity index is 1.31. The van der Waals surface area contributed by atoms with Crippen LogP contribution in [-0.2, 0) is 4.79 Å². The average Bonchev–Trinajstić information content (AvgIpc) is 3.13. The van der Waals surface area contributed by atoms with E-state index in [1.807, 2.05) is 41.3 Å². The molecule has 2 amide bonds. The van der Waals surface area contributed by atoms with E-state index in [0.29, 0.717) is 42.5 Å². The Bertz CT molecular complexity index is 1100. The molecule has 1 N–H and O–H groups in total. The van der Waals surface area contributed by atoms with Gasteiger partial charge in [-0.3, -0.25) is 14.5 Å². The molecule has 0 unspecified atom stereocenters. The van der Waals surface area contributed by atoms with Gasteiger partial charge in [0.25, 0.3) is 5.91 Å². The van der Waals surface area contributed by atoms with Gasteiger partial charge in [0.05, 0.1) is 17.3 Å². The van der Waals surface area contributed by atoms with Crippen LogP contribution in [0.1, 0.15) is 21.7 Å². The second-order valence-electron chi connectivity index (χ2n) is 8.09. The Morgan fingerprint density at radius 2 is 1.50 bits per heavy atom. The fraction of sp³-hybridized carbons (Fsp3) is 0.280. The van der Waals surface area contributed by atoms with Gasteiger partial charge in [-0.15, -0.1) is 0 Å². The monoisotopic (exact) mass is 450 g/mol. The van der Waals surface area contributed by atoms with E-state index in [9.17, 15) is 9.59 Å². The van der Waals surface area contributed by atoms with Gasteiger partial charge in [-0.25, -0.2) is 0 Å². The zero-order chi connectivity index (χ0) is 22.7. The number of carbonyl (C=O) groups excluding carboxylic acids is 2. The smallest absolute Gasteiger partial charge is 0.253 e. The van der Waals surface area contributed by atoms with E-state index in [1.54, 1.807) is 12.1 Å². The molecule has 2 aromatic carbocycles. The molecule has 3 aromatic rings. The van der Waals surface area contributed by atoms with Crippen LogP contribution in [0.2, 0.25) is 5.02 Å². The summed E-state index contributed by atoms with van der Waals surface area (Å²) in [5.41, 5.74) is 4.67. The summed E-state index contributed by atoms with van der Waals surface area (Å²) in [4.78, 5) is 29.2. The van der Waals surface area contributed by atoms with Crippen LogP contribution in [0.4, 0.5) is 5.69 Å². The Morgan fingerprint density at radius 3 is 2.12 bits per heavy atom. The summed E-state index contributed by atoms with van der Waals surface area (Å²) in [5, 5.41) is 3.36. The van der Waals surface area contributed by atoms with Crippen molar-refractivity contribution in [2.45, 2.75) is 13.8 Å². The number of halogens is 1. The molecule has 0 saturated carbocycles. The molecule has 0 atom stereocenters. The number of benzene rings is 2. The maximum absolute atomic E-state index is 12.9. The number of rotatable bonds is 5. The van der Waals surface area contributed by atoms with E-state index in [-0.39, 0.29) is 18.4 Å². The minimum absolute atomic E-state index is 0.0256. The number of nitrogens with zero attached hydrogens (tertiary/aromatic N) is 3. The van der Waals surface area contributed by atoms with Crippen LogP contribution in [0, 0.1) is 13.8 Å². The quantitative estimate of drug-likeness (QED) is 0.635. The van der Waals surface area contributed by atoms with Gasteiger partial charge in [0.1, 0.15) is 0 Å². The largest absolute Gasteiger partial charge is 0.336 e. The molecule has 0 aliphatic carbocycles. The van der Waals surface area contributed by atoms with Crippen molar-refractivity contribution < 1.29 is 9.59 Å².